The predicted molar refractivity (Wildman–Crippen MR) is 131 cm³/mol. The fraction of sp³-hybridized carbons (Fsp3) is 0.522. The van der Waals surface area contributed by atoms with Gasteiger partial charge in [0.25, 0.3) is 5.91 Å². The van der Waals surface area contributed by atoms with Crippen LogP contribution in [-0.2, 0) is 21.3 Å². The standard InChI is InChI=1S/C23H33N3O4S2/c1-4-5-14-32(28,29)24-19-10-11-21(25(2)3)18(15-19)16-26(17-20-8-6-12-30-20)23(27)22-9-7-13-31-22/h7,9-11,13,15,20,24H,4-6,8,12,14,16-17H2,1-3H3/t20-/m0/s1. The molecule has 1 atom stereocenters. The number of anilines is 2. The number of amides is 1. The zero-order valence-corrected chi connectivity index (χ0v) is 20.7. The van der Waals surface area contributed by atoms with E-state index in [0.29, 0.717) is 30.1 Å². The van der Waals surface area contributed by atoms with Gasteiger partial charge in [-0.05, 0) is 54.5 Å². The van der Waals surface area contributed by atoms with E-state index in [4.69, 9.17) is 4.74 Å². The molecule has 1 aromatic heterocycles. The first kappa shape index (κ1) is 24.5. The Morgan fingerprint density at radius 2 is 2.09 bits per heavy atom. The molecular formula is C23H33N3O4S2. The van der Waals surface area contributed by atoms with Crippen LogP contribution in [0.4, 0.5) is 11.4 Å². The molecule has 7 nitrogen and oxygen atoms in total. The number of nitrogens with one attached hydrogen (secondary N) is 1. The first-order chi connectivity index (χ1) is 15.3. The average molecular weight is 480 g/mol. The number of benzene rings is 1. The lowest BCUT2D eigenvalue weighted by Crippen LogP contribution is -2.37. The molecule has 0 saturated carbocycles. The molecule has 0 radical (unpaired) electrons. The molecule has 0 bridgehead atoms. The van der Waals surface area contributed by atoms with Crippen molar-refractivity contribution in [1.82, 2.24) is 4.90 Å². The number of carbonyl (C=O) groups excluding carboxylic acids is 1. The highest BCUT2D eigenvalue weighted by Gasteiger charge is 2.25. The number of carbonyl (C=O) groups is 1. The Bertz CT molecular complexity index is 985. The molecule has 0 aliphatic carbocycles. The zero-order valence-electron chi connectivity index (χ0n) is 19.0. The topological polar surface area (TPSA) is 79.0 Å². The number of nitrogens with zero attached hydrogens (tertiary/aromatic N) is 2. The van der Waals surface area contributed by atoms with Gasteiger partial charge in [0, 0.05) is 45.2 Å². The summed E-state index contributed by atoms with van der Waals surface area (Å²) in [6, 6.07) is 9.21. The summed E-state index contributed by atoms with van der Waals surface area (Å²) in [5, 5.41) is 1.90. The van der Waals surface area contributed by atoms with E-state index in [1.54, 1.807) is 6.07 Å². The van der Waals surface area contributed by atoms with E-state index in [0.717, 1.165) is 37.1 Å². The van der Waals surface area contributed by atoms with Crippen LogP contribution in [0.15, 0.2) is 35.7 Å². The maximum atomic E-state index is 13.3. The molecule has 3 rings (SSSR count). The fourth-order valence-corrected chi connectivity index (χ4v) is 5.74. The molecular weight excluding hydrogens is 446 g/mol. The molecule has 32 heavy (non-hydrogen) atoms. The molecule has 0 spiro atoms. The Labute approximate surface area is 195 Å². The molecule has 1 aliphatic heterocycles. The van der Waals surface area contributed by atoms with Gasteiger partial charge in [-0.25, -0.2) is 8.42 Å². The summed E-state index contributed by atoms with van der Waals surface area (Å²) in [5.74, 6) is 0.0603. The average Bonchev–Trinajstić information content (AvgIpc) is 3.45. The molecule has 9 heteroatoms. The Morgan fingerprint density at radius 1 is 1.28 bits per heavy atom. The first-order valence-corrected chi connectivity index (χ1v) is 13.6. The lowest BCUT2D eigenvalue weighted by Gasteiger charge is -2.28. The quantitative estimate of drug-likeness (QED) is 0.523. The number of sulfonamides is 1. The lowest BCUT2D eigenvalue weighted by atomic mass is 10.1. The van der Waals surface area contributed by atoms with Crippen LogP contribution in [-0.4, -0.2) is 58.3 Å². The van der Waals surface area contributed by atoms with Crippen molar-refractivity contribution in [1.29, 1.82) is 0 Å². The second-order valence-corrected chi connectivity index (χ2v) is 11.1. The summed E-state index contributed by atoms with van der Waals surface area (Å²) in [6.45, 7) is 3.57. The van der Waals surface area contributed by atoms with E-state index >= 15 is 0 Å². The van der Waals surface area contributed by atoms with E-state index in [9.17, 15) is 13.2 Å². The third kappa shape index (κ3) is 6.70. The summed E-state index contributed by atoms with van der Waals surface area (Å²) in [7, 11) is 0.472. The Morgan fingerprint density at radius 3 is 2.72 bits per heavy atom. The van der Waals surface area contributed by atoms with E-state index in [2.05, 4.69) is 4.72 Å². The number of rotatable bonds is 11. The maximum Gasteiger partial charge on any atom is 0.264 e. The van der Waals surface area contributed by atoms with Crippen molar-refractivity contribution >= 4 is 38.6 Å². The second kappa shape index (κ2) is 11.2. The lowest BCUT2D eigenvalue weighted by molar-refractivity contribution is 0.0511. The second-order valence-electron chi connectivity index (χ2n) is 8.31. The molecule has 176 valence electrons. The van der Waals surface area contributed by atoms with Gasteiger partial charge in [0.15, 0.2) is 0 Å². The summed E-state index contributed by atoms with van der Waals surface area (Å²) < 4.78 is 33.3. The van der Waals surface area contributed by atoms with Gasteiger partial charge in [0.05, 0.1) is 16.7 Å². The van der Waals surface area contributed by atoms with Crippen molar-refractivity contribution in [3.8, 4) is 0 Å². The molecule has 1 amide bonds. The highest BCUT2D eigenvalue weighted by atomic mass is 32.2. The van der Waals surface area contributed by atoms with Crippen LogP contribution in [0.1, 0.15) is 47.8 Å². The van der Waals surface area contributed by atoms with Gasteiger partial charge < -0.3 is 14.5 Å². The third-order valence-corrected chi connectivity index (χ3v) is 7.66. The van der Waals surface area contributed by atoms with Crippen molar-refractivity contribution in [2.24, 2.45) is 0 Å². The number of unbranched alkanes of at least 4 members (excludes halogenated alkanes) is 1. The van der Waals surface area contributed by atoms with Crippen LogP contribution in [0.3, 0.4) is 0 Å². The van der Waals surface area contributed by atoms with E-state index < -0.39 is 10.0 Å². The van der Waals surface area contributed by atoms with Gasteiger partial charge in [-0.1, -0.05) is 19.4 Å². The number of ether oxygens (including phenoxy) is 1. The smallest absolute Gasteiger partial charge is 0.264 e. The van der Waals surface area contributed by atoms with E-state index in [1.807, 2.05) is 60.5 Å². The minimum Gasteiger partial charge on any atom is -0.377 e. The SMILES string of the molecule is CCCCS(=O)(=O)Nc1ccc(N(C)C)c(CN(C[C@@H]2CCCO2)C(=O)c2cccs2)c1. The van der Waals surface area contributed by atoms with Crippen molar-refractivity contribution in [3.63, 3.8) is 0 Å². The van der Waals surface area contributed by atoms with Crippen molar-refractivity contribution in [2.75, 3.05) is 42.6 Å². The molecule has 2 heterocycles. The summed E-state index contributed by atoms with van der Waals surface area (Å²) in [5.41, 5.74) is 2.34. The molecule has 1 fully saturated rings. The van der Waals surface area contributed by atoms with Crippen LogP contribution >= 0.6 is 11.3 Å². The minimum atomic E-state index is -3.41. The number of thiophene rings is 1. The van der Waals surface area contributed by atoms with Crippen LogP contribution in [0.25, 0.3) is 0 Å². The monoisotopic (exact) mass is 479 g/mol. The third-order valence-electron chi connectivity index (χ3n) is 5.43. The zero-order chi connectivity index (χ0) is 23.1. The largest absolute Gasteiger partial charge is 0.377 e. The van der Waals surface area contributed by atoms with Gasteiger partial charge in [-0.2, -0.15) is 0 Å². The highest BCUT2D eigenvalue weighted by Crippen LogP contribution is 2.27. The van der Waals surface area contributed by atoms with Gasteiger partial charge in [0.1, 0.15) is 0 Å². The first-order valence-electron chi connectivity index (χ1n) is 11.0. The minimum absolute atomic E-state index is 0.0254. The van der Waals surface area contributed by atoms with Crippen molar-refractivity contribution in [2.45, 2.75) is 45.3 Å². The van der Waals surface area contributed by atoms with Crippen LogP contribution in [0.5, 0.6) is 0 Å². The predicted octanol–water partition coefficient (Wildman–Crippen LogP) is 4.18. The molecule has 0 unspecified atom stereocenters. The number of hydrogen-bond donors (Lipinski definition) is 1. The summed E-state index contributed by atoms with van der Waals surface area (Å²) >= 11 is 1.42. The molecule has 1 aromatic carbocycles. The molecule has 1 N–H and O–H groups in total. The van der Waals surface area contributed by atoms with Crippen LogP contribution in [0.2, 0.25) is 0 Å². The fourth-order valence-electron chi connectivity index (χ4n) is 3.79. The Kier molecular flexibility index (Phi) is 8.56. The highest BCUT2D eigenvalue weighted by molar-refractivity contribution is 7.92. The summed E-state index contributed by atoms with van der Waals surface area (Å²) in [6.07, 6.45) is 3.39. The Balaban J connectivity index is 1.88. The normalized spacial score (nSPS) is 16.2. The van der Waals surface area contributed by atoms with E-state index in [-0.39, 0.29) is 17.8 Å². The molecule has 2 aromatic rings. The van der Waals surface area contributed by atoms with Gasteiger partial charge in [-0.3, -0.25) is 9.52 Å². The van der Waals surface area contributed by atoms with Gasteiger partial charge >= 0.3 is 0 Å². The molecule has 1 saturated heterocycles. The summed E-state index contributed by atoms with van der Waals surface area (Å²) in [4.78, 5) is 17.7. The van der Waals surface area contributed by atoms with E-state index in [1.165, 1.54) is 11.3 Å². The van der Waals surface area contributed by atoms with Gasteiger partial charge in [-0.15, -0.1) is 11.3 Å². The maximum absolute atomic E-state index is 13.3. The Hall–Kier alpha value is -2.10. The van der Waals surface area contributed by atoms with Crippen molar-refractivity contribution in [3.05, 3.63) is 46.2 Å². The molecule has 1 aliphatic rings. The number of hydrogen-bond acceptors (Lipinski definition) is 6. The van der Waals surface area contributed by atoms with Crippen LogP contribution < -0.4 is 9.62 Å². The van der Waals surface area contributed by atoms with Gasteiger partial charge in [0.2, 0.25) is 10.0 Å². The van der Waals surface area contributed by atoms with Crippen molar-refractivity contribution < 1.29 is 17.9 Å². The van der Waals surface area contributed by atoms with Crippen LogP contribution in [0, 0.1) is 0 Å².